The van der Waals surface area contributed by atoms with Gasteiger partial charge < -0.3 is 4.90 Å². The highest BCUT2D eigenvalue weighted by Crippen LogP contribution is 2.07. The van der Waals surface area contributed by atoms with Crippen LogP contribution in [0.25, 0.3) is 0 Å². The number of benzene rings is 1. The van der Waals surface area contributed by atoms with Crippen LogP contribution in [-0.2, 0) is 0 Å². The highest BCUT2D eigenvalue weighted by Gasteiger charge is 2.13. The summed E-state index contributed by atoms with van der Waals surface area (Å²) >= 11 is 5.50. The molecule has 0 saturated carbocycles. The number of nitrogens with zero attached hydrogens (tertiary/aromatic N) is 1. The first kappa shape index (κ1) is 20.6. The number of unbranched alkanes of at least 4 members (excludes halogenated alkanes) is 6. The Labute approximate surface area is 152 Å². The van der Waals surface area contributed by atoms with E-state index < -0.39 is 0 Å². The zero-order valence-corrected chi connectivity index (χ0v) is 16.0. The van der Waals surface area contributed by atoms with Crippen LogP contribution >= 0.6 is 12.2 Å². The van der Waals surface area contributed by atoms with E-state index in [9.17, 15) is 4.79 Å². The fraction of sp³-hybridized carbons (Fsp3) is 0.600. The van der Waals surface area contributed by atoms with E-state index in [1.807, 2.05) is 30.3 Å². The zero-order chi connectivity index (χ0) is 17.6. The summed E-state index contributed by atoms with van der Waals surface area (Å²) in [5.41, 5.74) is 0.650. The number of nitrogens with one attached hydrogen (secondary N) is 1. The maximum Gasteiger partial charge on any atom is 0.257 e. The van der Waals surface area contributed by atoms with Gasteiger partial charge in [0.05, 0.1) is 0 Å². The van der Waals surface area contributed by atoms with Gasteiger partial charge in [-0.25, -0.2) is 0 Å². The Kier molecular flexibility index (Phi) is 11.1. The number of rotatable bonds is 11. The average molecular weight is 349 g/mol. The molecular weight excluding hydrogens is 316 g/mol. The first-order valence-electron chi connectivity index (χ1n) is 9.34. The van der Waals surface area contributed by atoms with Crippen molar-refractivity contribution in [2.75, 3.05) is 13.1 Å². The standard InChI is InChI=1S/C20H32N2OS/c1-3-5-7-12-16-22(17-13-8-6-4-2)20(24)21-19(23)18-14-10-9-11-15-18/h9-11,14-15H,3-8,12-13,16-17H2,1-2H3,(H,21,23,24). The van der Waals surface area contributed by atoms with E-state index in [1.165, 1.54) is 38.5 Å². The van der Waals surface area contributed by atoms with Gasteiger partial charge in [0, 0.05) is 18.7 Å². The third kappa shape index (κ3) is 8.44. The topological polar surface area (TPSA) is 32.3 Å². The molecule has 1 amide bonds. The Hall–Kier alpha value is -1.42. The van der Waals surface area contributed by atoms with Crippen LogP contribution < -0.4 is 5.32 Å². The molecule has 1 aromatic carbocycles. The summed E-state index contributed by atoms with van der Waals surface area (Å²) < 4.78 is 0. The lowest BCUT2D eigenvalue weighted by molar-refractivity contribution is 0.0973. The van der Waals surface area contributed by atoms with E-state index in [4.69, 9.17) is 12.2 Å². The Morgan fingerprint density at radius 1 is 0.917 bits per heavy atom. The van der Waals surface area contributed by atoms with Crippen molar-refractivity contribution < 1.29 is 4.79 Å². The number of hydrogen-bond donors (Lipinski definition) is 1. The molecule has 0 saturated heterocycles. The Balaban J connectivity index is 2.52. The predicted molar refractivity (Wildman–Crippen MR) is 106 cm³/mol. The van der Waals surface area contributed by atoms with Gasteiger partial charge >= 0.3 is 0 Å². The summed E-state index contributed by atoms with van der Waals surface area (Å²) in [6, 6.07) is 9.26. The molecule has 0 aliphatic heterocycles. The molecule has 0 aromatic heterocycles. The van der Waals surface area contributed by atoms with Gasteiger partial charge in [-0.3, -0.25) is 10.1 Å². The van der Waals surface area contributed by atoms with Crippen molar-refractivity contribution in [3.05, 3.63) is 35.9 Å². The van der Waals surface area contributed by atoms with Crippen molar-refractivity contribution in [2.24, 2.45) is 0 Å². The first-order chi connectivity index (χ1) is 11.7. The van der Waals surface area contributed by atoms with Crippen molar-refractivity contribution >= 4 is 23.2 Å². The van der Waals surface area contributed by atoms with E-state index in [1.54, 1.807) is 0 Å². The van der Waals surface area contributed by atoms with Crippen LogP contribution in [-0.4, -0.2) is 29.0 Å². The Morgan fingerprint density at radius 2 is 1.46 bits per heavy atom. The second-order valence-corrected chi connectivity index (χ2v) is 6.62. The van der Waals surface area contributed by atoms with E-state index in [-0.39, 0.29) is 5.91 Å². The highest BCUT2D eigenvalue weighted by atomic mass is 32.1. The third-order valence-electron chi connectivity index (χ3n) is 4.11. The molecule has 24 heavy (non-hydrogen) atoms. The largest absolute Gasteiger partial charge is 0.349 e. The van der Waals surface area contributed by atoms with E-state index in [2.05, 4.69) is 24.1 Å². The Morgan fingerprint density at radius 3 is 1.96 bits per heavy atom. The highest BCUT2D eigenvalue weighted by molar-refractivity contribution is 7.80. The van der Waals surface area contributed by atoms with E-state index in [0.717, 1.165) is 25.9 Å². The smallest absolute Gasteiger partial charge is 0.257 e. The second-order valence-electron chi connectivity index (χ2n) is 6.23. The number of carbonyl (C=O) groups is 1. The summed E-state index contributed by atoms with van der Waals surface area (Å²) in [5.74, 6) is -0.118. The predicted octanol–water partition coefficient (Wildman–Crippen LogP) is 5.16. The summed E-state index contributed by atoms with van der Waals surface area (Å²) in [6.45, 7) is 6.29. The van der Waals surface area contributed by atoms with Gasteiger partial charge in [-0.15, -0.1) is 0 Å². The van der Waals surface area contributed by atoms with E-state index in [0.29, 0.717) is 10.7 Å². The van der Waals surface area contributed by atoms with Crippen molar-refractivity contribution in [3.63, 3.8) is 0 Å². The van der Waals surface area contributed by atoms with Crippen LogP contribution in [0.15, 0.2) is 30.3 Å². The maximum absolute atomic E-state index is 12.3. The molecule has 1 aromatic rings. The monoisotopic (exact) mass is 348 g/mol. The first-order valence-corrected chi connectivity index (χ1v) is 9.75. The van der Waals surface area contributed by atoms with Gasteiger partial charge in [-0.1, -0.05) is 70.6 Å². The molecule has 0 unspecified atom stereocenters. The minimum absolute atomic E-state index is 0.118. The van der Waals surface area contributed by atoms with Gasteiger partial charge in [0.25, 0.3) is 5.91 Å². The number of hydrogen-bond acceptors (Lipinski definition) is 2. The van der Waals surface area contributed by atoms with Crippen LogP contribution in [0, 0.1) is 0 Å². The van der Waals surface area contributed by atoms with E-state index >= 15 is 0 Å². The van der Waals surface area contributed by atoms with Crippen molar-refractivity contribution in [2.45, 2.75) is 65.2 Å². The third-order valence-corrected chi connectivity index (χ3v) is 4.47. The van der Waals surface area contributed by atoms with Gasteiger partial charge in [0.15, 0.2) is 5.11 Å². The molecule has 0 atom stereocenters. The van der Waals surface area contributed by atoms with Gasteiger partial charge in [-0.2, -0.15) is 0 Å². The van der Waals surface area contributed by atoms with Gasteiger partial charge in [0.2, 0.25) is 0 Å². The lowest BCUT2D eigenvalue weighted by Crippen LogP contribution is -2.43. The molecule has 0 aliphatic rings. The van der Waals surface area contributed by atoms with Crippen LogP contribution in [0.1, 0.15) is 75.6 Å². The molecule has 1 rings (SSSR count). The minimum Gasteiger partial charge on any atom is -0.349 e. The minimum atomic E-state index is -0.118. The average Bonchev–Trinajstić information content (AvgIpc) is 2.61. The molecule has 0 fully saturated rings. The second kappa shape index (κ2) is 12.9. The normalized spacial score (nSPS) is 10.4. The fourth-order valence-electron chi connectivity index (χ4n) is 2.61. The molecule has 0 heterocycles. The van der Waals surface area contributed by atoms with Crippen LogP contribution in [0.5, 0.6) is 0 Å². The molecule has 4 heteroatoms. The molecular formula is C20H32N2OS. The number of carbonyl (C=O) groups excluding carboxylic acids is 1. The summed E-state index contributed by atoms with van der Waals surface area (Å²) in [6.07, 6.45) is 9.66. The molecule has 1 N–H and O–H groups in total. The fourth-order valence-corrected chi connectivity index (χ4v) is 2.89. The lowest BCUT2D eigenvalue weighted by atomic mass is 10.1. The Bertz CT molecular complexity index is 464. The molecule has 0 bridgehead atoms. The van der Waals surface area contributed by atoms with Crippen molar-refractivity contribution in [1.82, 2.24) is 10.2 Å². The SMILES string of the molecule is CCCCCCN(CCCCCC)C(=S)NC(=O)c1ccccc1. The molecule has 134 valence electrons. The number of amides is 1. The summed E-state index contributed by atoms with van der Waals surface area (Å²) in [7, 11) is 0. The van der Waals surface area contributed by atoms with Crippen LogP contribution in [0.3, 0.4) is 0 Å². The zero-order valence-electron chi connectivity index (χ0n) is 15.2. The molecule has 0 aliphatic carbocycles. The van der Waals surface area contributed by atoms with Crippen LogP contribution in [0.2, 0.25) is 0 Å². The lowest BCUT2D eigenvalue weighted by Gasteiger charge is -2.25. The molecule has 0 spiro atoms. The summed E-state index contributed by atoms with van der Waals surface area (Å²) in [4.78, 5) is 14.5. The van der Waals surface area contributed by atoms with Crippen molar-refractivity contribution in [3.8, 4) is 0 Å². The van der Waals surface area contributed by atoms with Gasteiger partial charge in [0.1, 0.15) is 0 Å². The number of thiocarbonyl (C=S) groups is 1. The molecule has 3 nitrogen and oxygen atoms in total. The summed E-state index contributed by atoms with van der Waals surface area (Å²) in [5, 5.41) is 3.46. The maximum atomic E-state index is 12.3. The quantitative estimate of drug-likeness (QED) is 0.442. The van der Waals surface area contributed by atoms with Crippen LogP contribution in [0.4, 0.5) is 0 Å². The van der Waals surface area contributed by atoms with Crippen molar-refractivity contribution in [1.29, 1.82) is 0 Å². The van der Waals surface area contributed by atoms with Gasteiger partial charge in [-0.05, 0) is 37.2 Å². The molecule has 0 radical (unpaired) electrons.